The highest BCUT2D eigenvalue weighted by molar-refractivity contribution is 5.96. The number of fused-ring (bicyclic) bond motifs is 4. The zero-order valence-electron chi connectivity index (χ0n) is 32.7. The fraction of sp³-hybridized carbons (Fsp3) is 0.442. The molecule has 5 rings (SSSR count). The van der Waals surface area contributed by atoms with E-state index in [0.29, 0.717) is 48.7 Å². The van der Waals surface area contributed by atoms with E-state index in [2.05, 4.69) is 21.3 Å². The summed E-state index contributed by atoms with van der Waals surface area (Å²) >= 11 is 0. The number of aliphatic carboxylic acids is 1. The molecule has 0 saturated carbocycles. The molecule has 0 aromatic heterocycles. The number of amides is 5. The third-order valence-electron chi connectivity index (χ3n) is 10.6. The summed E-state index contributed by atoms with van der Waals surface area (Å²) in [6.45, 7) is 5.46. The highest BCUT2D eigenvalue weighted by Crippen LogP contribution is 2.23. The summed E-state index contributed by atoms with van der Waals surface area (Å²) in [5.74, 6) is -2.47. The number of rotatable bonds is 11. The minimum absolute atomic E-state index is 0.0183. The Kier molecular flexibility index (Phi) is 15.2. The Morgan fingerprint density at radius 1 is 0.982 bits per heavy atom. The van der Waals surface area contributed by atoms with Gasteiger partial charge in [-0.15, -0.1) is 0 Å². The van der Waals surface area contributed by atoms with E-state index >= 15 is 0 Å². The Morgan fingerprint density at radius 3 is 2.53 bits per heavy atom. The Hall–Kier alpha value is -5.76. The van der Waals surface area contributed by atoms with Crippen molar-refractivity contribution in [2.24, 2.45) is 11.7 Å². The standard InChI is InChI=1S/C43H54N6O8/c1-27-10-14-34-22-32(27)25-45-42(55)36(16-11-29-7-4-3-5-8-29)48-43(56)37(24-39(51)49-19-6-9-30(26-49)18-20-57-34)47-38(50)23-31-12-13-33(21-28(31)2)46-41(54)35(44)15-17-40(52)53/h3-5,7-8,10,12-14,21-22,30,35-37H,6,9,11,15-20,23-26,44H2,1-2H3,(H,45,55)(H,46,54)(H,47,50)(H,48,56)(H,52,53)/t30?,35-,36-,37-/m0/s1. The minimum atomic E-state index is -1.26. The molecule has 2 aliphatic heterocycles. The van der Waals surface area contributed by atoms with Crippen molar-refractivity contribution < 1.29 is 38.6 Å². The SMILES string of the molecule is Cc1ccc2cc1CNC(=O)[C@H](CCc1ccccc1)NC(=O)[C@@H](NC(=O)Cc1ccc(NC(=O)[C@@H](N)CCC(=O)O)cc1C)CC(=O)N1CCCC(CCO2)C1. The van der Waals surface area contributed by atoms with Gasteiger partial charge in [-0.25, -0.2) is 0 Å². The van der Waals surface area contributed by atoms with Crippen molar-refractivity contribution in [3.63, 3.8) is 0 Å². The Balaban J connectivity index is 1.34. The molecule has 57 heavy (non-hydrogen) atoms. The van der Waals surface area contributed by atoms with Crippen LogP contribution >= 0.6 is 0 Å². The summed E-state index contributed by atoms with van der Waals surface area (Å²) in [4.78, 5) is 80.5. The van der Waals surface area contributed by atoms with Crippen LogP contribution < -0.4 is 31.7 Å². The second kappa shape index (κ2) is 20.4. The third kappa shape index (κ3) is 12.9. The first-order valence-corrected chi connectivity index (χ1v) is 19.6. The molecule has 14 heteroatoms. The molecular formula is C43H54N6O8. The van der Waals surface area contributed by atoms with E-state index in [-0.39, 0.29) is 50.5 Å². The van der Waals surface area contributed by atoms with E-state index in [1.165, 1.54) is 0 Å². The van der Waals surface area contributed by atoms with Crippen LogP contribution in [0.1, 0.15) is 72.8 Å². The molecule has 0 radical (unpaired) electrons. The number of nitrogens with zero attached hydrogens (tertiary/aromatic N) is 1. The average molecular weight is 783 g/mol. The largest absolute Gasteiger partial charge is 0.494 e. The van der Waals surface area contributed by atoms with Gasteiger partial charge in [0.1, 0.15) is 17.8 Å². The van der Waals surface area contributed by atoms with Crippen LogP contribution in [0.3, 0.4) is 0 Å². The van der Waals surface area contributed by atoms with E-state index in [4.69, 9.17) is 15.6 Å². The number of carboxylic acids is 1. The lowest BCUT2D eigenvalue weighted by Crippen LogP contribution is -2.55. The fourth-order valence-electron chi connectivity index (χ4n) is 7.15. The number of ether oxygens (including phenoxy) is 1. The molecule has 4 bridgehead atoms. The van der Waals surface area contributed by atoms with Gasteiger partial charge in [0.25, 0.3) is 0 Å². The number of nitrogens with one attached hydrogen (secondary N) is 4. The number of carbonyl (C=O) groups is 6. The highest BCUT2D eigenvalue weighted by Gasteiger charge is 2.32. The molecule has 2 heterocycles. The van der Waals surface area contributed by atoms with Crippen LogP contribution in [0.25, 0.3) is 0 Å². The predicted molar refractivity (Wildman–Crippen MR) is 214 cm³/mol. The van der Waals surface area contributed by atoms with Crippen molar-refractivity contribution in [2.45, 2.75) is 96.3 Å². The van der Waals surface area contributed by atoms with Crippen LogP contribution in [-0.2, 0) is 48.2 Å². The van der Waals surface area contributed by atoms with Crippen LogP contribution in [0, 0.1) is 19.8 Å². The lowest BCUT2D eigenvalue weighted by atomic mass is 9.94. The van der Waals surface area contributed by atoms with E-state index in [9.17, 15) is 28.8 Å². The molecule has 304 valence electrons. The van der Waals surface area contributed by atoms with Crippen molar-refractivity contribution in [1.82, 2.24) is 20.9 Å². The summed E-state index contributed by atoms with van der Waals surface area (Å²) in [5, 5.41) is 20.2. The molecule has 14 nitrogen and oxygen atoms in total. The number of aryl methyl sites for hydroxylation is 3. The second-order valence-corrected chi connectivity index (χ2v) is 15.0. The Bertz CT molecular complexity index is 1920. The maximum absolute atomic E-state index is 14.2. The topological polar surface area (TPSA) is 209 Å². The summed E-state index contributed by atoms with van der Waals surface area (Å²) < 4.78 is 6.12. The number of anilines is 1. The summed E-state index contributed by atoms with van der Waals surface area (Å²) in [6.07, 6.45) is 2.59. The maximum Gasteiger partial charge on any atom is 0.303 e. The van der Waals surface area contributed by atoms with Crippen LogP contribution in [-0.4, -0.2) is 83.3 Å². The molecule has 1 unspecified atom stereocenters. The third-order valence-corrected chi connectivity index (χ3v) is 10.6. The molecule has 3 aromatic rings. The first-order valence-electron chi connectivity index (χ1n) is 19.6. The van der Waals surface area contributed by atoms with Gasteiger partial charge in [0, 0.05) is 31.7 Å². The van der Waals surface area contributed by atoms with E-state index in [1.807, 2.05) is 55.5 Å². The van der Waals surface area contributed by atoms with Gasteiger partial charge in [-0.3, -0.25) is 28.8 Å². The van der Waals surface area contributed by atoms with Gasteiger partial charge in [-0.05, 0) is 110 Å². The maximum atomic E-state index is 14.2. The molecule has 1 saturated heterocycles. The second-order valence-electron chi connectivity index (χ2n) is 15.0. The van der Waals surface area contributed by atoms with Crippen molar-refractivity contribution >= 4 is 41.2 Å². The number of nitrogens with two attached hydrogens (primary N) is 1. The first kappa shape index (κ1) is 42.4. The Morgan fingerprint density at radius 2 is 1.77 bits per heavy atom. The summed E-state index contributed by atoms with van der Waals surface area (Å²) in [7, 11) is 0. The quantitative estimate of drug-likeness (QED) is 0.168. The first-order chi connectivity index (χ1) is 27.3. The van der Waals surface area contributed by atoms with Crippen molar-refractivity contribution in [2.75, 3.05) is 25.0 Å². The smallest absolute Gasteiger partial charge is 0.303 e. The van der Waals surface area contributed by atoms with Gasteiger partial charge in [-0.2, -0.15) is 0 Å². The number of hydrogen-bond acceptors (Lipinski definition) is 8. The number of benzene rings is 3. The lowest BCUT2D eigenvalue weighted by molar-refractivity contribution is -0.138. The molecule has 3 aromatic carbocycles. The lowest BCUT2D eigenvalue weighted by Gasteiger charge is -2.34. The molecule has 1 fully saturated rings. The Labute approximate surface area is 333 Å². The van der Waals surface area contributed by atoms with Gasteiger partial charge >= 0.3 is 5.97 Å². The van der Waals surface area contributed by atoms with Crippen molar-refractivity contribution in [3.8, 4) is 5.75 Å². The minimum Gasteiger partial charge on any atom is -0.494 e. The van der Waals surface area contributed by atoms with Crippen LogP contribution in [0.4, 0.5) is 5.69 Å². The van der Waals surface area contributed by atoms with E-state index in [1.54, 1.807) is 30.0 Å². The van der Waals surface area contributed by atoms with Crippen LogP contribution in [0.2, 0.25) is 0 Å². The van der Waals surface area contributed by atoms with E-state index < -0.39 is 47.7 Å². The summed E-state index contributed by atoms with van der Waals surface area (Å²) in [6, 6.07) is 17.1. The molecule has 4 atom stereocenters. The fourth-order valence-corrected chi connectivity index (χ4v) is 7.15. The van der Waals surface area contributed by atoms with E-state index in [0.717, 1.165) is 36.0 Å². The number of piperidine rings is 1. The van der Waals surface area contributed by atoms with Gasteiger partial charge in [0.05, 0.1) is 25.5 Å². The molecule has 0 spiro atoms. The van der Waals surface area contributed by atoms with Gasteiger partial charge in [0.2, 0.25) is 29.5 Å². The predicted octanol–water partition coefficient (Wildman–Crippen LogP) is 3.31. The normalized spacial score (nSPS) is 19.8. The monoisotopic (exact) mass is 782 g/mol. The van der Waals surface area contributed by atoms with Gasteiger partial charge in [0.15, 0.2) is 0 Å². The molecule has 0 aliphatic carbocycles. The highest BCUT2D eigenvalue weighted by atomic mass is 16.5. The molecular weight excluding hydrogens is 729 g/mol. The number of carbonyl (C=O) groups excluding carboxylic acids is 5. The zero-order valence-corrected chi connectivity index (χ0v) is 32.7. The van der Waals surface area contributed by atoms with Crippen LogP contribution in [0.15, 0.2) is 66.7 Å². The molecule has 5 amide bonds. The number of hydrogen-bond donors (Lipinski definition) is 6. The summed E-state index contributed by atoms with van der Waals surface area (Å²) in [5.41, 5.74) is 10.4. The molecule has 7 N–H and O–H groups in total. The average Bonchev–Trinajstić information content (AvgIpc) is 3.19. The zero-order chi connectivity index (χ0) is 40.9. The van der Waals surface area contributed by atoms with Crippen molar-refractivity contribution in [3.05, 3.63) is 94.5 Å². The van der Waals surface area contributed by atoms with Gasteiger partial charge in [-0.1, -0.05) is 42.5 Å². The van der Waals surface area contributed by atoms with Gasteiger partial charge < -0.3 is 41.7 Å². The van der Waals surface area contributed by atoms with Crippen molar-refractivity contribution in [1.29, 1.82) is 0 Å². The van der Waals surface area contributed by atoms with Crippen LogP contribution in [0.5, 0.6) is 5.75 Å². The number of carboxylic acid groups (broad SMARTS) is 1. The molecule has 2 aliphatic rings.